The fourth-order valence-corrected chi connectivity index (χ4v) is 2.84. The topological polar surface area (TPSA) is 40.5 Å². The second kappa shape index (κ2) is 11.7. The lowest BCUT2D eigenvalue weighted by Crippen LogP contribution is -2.41. The molecule has 4 heteroatoms. The predicted molar refractivity (Wildman–Crippen MR) is 104 cm³/mol. The van der Waals surface area contributed by atoms with Crippen molar-refractivity contribution in [1.29, 1.82) is 0 Å². The molecule has 4 nitrogen and oxygen atoms in total. The molecule has 0 aliphatic heterocycles. The maximum Gasteiger partial charge on any atom is 0.193 e. The summed E-state index contributed by atoms with van der Waals surface area (Å²) in [6.07, 6.45) is 10.5. The first kappa shape index (κ1) is 20.2. The quantitative estimate of drug-likeness (QED) is 0.304. The van der Waals surface area contributed by atoms with Crippen LogP contribution in [0.3, 0.4) is 0 Å². The summed E-state index contributed by atoms with van der Waals surface area (Å²) < 4.78 is 0. The first-order chi connectivity index (χ1) is 11.6. The number of hydrogen-bond acceptors (Lipinski definition) is 2. The van der Waals surface area contributed by atoms with E-state index in [1.165, 1.54) is 24.8 Å². The summed E-state index contributed by atoms with van der Waals surface area (Å²) in [6, 6.07) is 4.17. The van der Waals surface area contributed by atoms with Crippen LogP contribution < -0.4 is 5.32 Å². The Balaban J connectivity index is 2.50. The third kappa shape index (κ3) is 7.16. The van der Waals surface area contributed by atoms with Crippen LogP contribution in [0.25, 0.3) is 0 Å². The Bertz CT molecular complexity index is 482. The van der Waals surface area contributed by atoms with E-state index < -0.39 is 0 Å². The van der Waals surface area contributed by atoms with Crippen LogP contribution in [0.5, 0.6) is 0 Å². The molecule has 1 unspecified atom stereocenters. The zero-order chi connectivity index (χ0) is 17.8. The largest absolute Gasteiger partial charge is 0.356 e. The Hall–Kier alpha value is -1.84. The number of rotatable bonds is 10. The molecule has 1 N–H and O–H groups in total. The summed E-state index contributed by atoms with van der Waals surface area (Å²) >= 11 is 0. The van der Waals surface area contributed by atoms with E-state index in [1.807, 2.05) is 31.6 Å². The number of unbranched alkanes of at least 4 members (excludes halogenated alkanes) is 3. The van der Waals surface area contributed by atoms with E-state index in [0.29, 0.717) is 11.8 Å². The lowest BCUT2D eigenvalue weighted by Gasteiger charge is -2.26. The molecule has 0 fully saturated rings. The van der Waals surface area contributed by atoms with Crippen molar-refractivity contribution in [1.82, 2.24) is 15.2 Å². The fraction of sp³-hybridized carbons (Fsp3) is 0.600. The third-order valence-electron chi connectivity index (χ3n) is 4.37. The molecule has 134 valence electrons. The molecule has 1 rings (SSSR count). The zero-order valence-corrected chi connectivity index (χ0v) is 15.8. The number of allylic oxidation sites excluding steroid dienone is 1. The highest BCUT2D eigenvalue weighted by Gasteiger charge is 2.17. The minimum atomic E-state index is 0.427. The summed E-state index contributed by atoms with van der Waals surface area (Å²) in [5.74, 6) is 1.94. The van der Waals surface area contributed by atoms with Crippen LogP contribution in [-0.4, -0.2) is 43.0 Å². The van der Waals surface area contributed by atoms with Crippen LogP contribution in [0, 0.1) is 5.92 Å². The number of nitrogens with one attached hydrogen (secondary N) is 1. The summed E-state index contributed by atoms with van der Waals surface area (Å²) in [5.41, 5.74) is 1.28. The van der Waals surface area contributed by atoms with Gasteiger partial charge in [-0.3, -0.25) is 9.98 Å². The average Bonchev–Trinajstić information content (AvgIpc) is 2.59. The maximum atomic E-state index is 4.43. The lowest BCUT2D eigenvalue weighted by atomic mass is 9.89. The first-order valence-corrected chi connectivity index (χ1v) is 9.02. The van der Waals surface area contributed by atoms with Crippen molar-refractivity contribution in [3.8, 4) is 0 Å². The SMILES string of the molecule is C=CCCCCCN(C)C(=NC)NCC(c1cccnc1)C(C)C. The van der Waals surface area contributed by atoms with Crippen LogP contribution in [-0.2, 0) is 0 Å². The van der Waals surface area contributed by atoms with Crippen LogP contribution >= 0.6 is 0 Å². The molecule has 1 heterocycles. The van der Waals surface area contributed by atoms with Crippen molar-refractivity contribution in [2.75, 3.05) is 27.2 Å². The van der Waals surface area contributed by atoms with E-state index in [2.05, 4.69) is 53.7 Å². The van der Waals surface area contributed by atoms with E-state index in [1.54, 1.807) is 0 Å². The molecule has 0 spiro atoms. The number of guanidine groups is 1. The molecule has 1 atom stereocenters. The monoisotopic (exact) mass is 330 g/mol. The number of aliphatic imine (C=N–C) groups is 1. The van der Waals surface area contributed by atoms with E-state index in [0.717, 1.165) is 25.5 Å². The second-order valence-corrected chi connectivity index (χ2v) is 6.62. The van der Waals surface area contributed by atoms with E-state index in [-0.39, 0.29) is 0 Å². The average molecular weight is 331 g/mol. The van der Waals surface area contributed by atoms with Gasteiger partial charge in [0.25, 0.3) is 0 Å². The van der Waals surface area contributed by atoms with Gasteiger partial charge in [-0.1, -0.05) is 32.4 Å². The van der Waals surface area contributed by atoms with Gasteiger partial charge in [-0.25, -0.2) is 0 Å². The van der Waals surface area contributed by atoms with Crippen LogP contribution in [0.1, 0.15) is 51.0 Å². The predicted octanol–water partition coefficient (Wildman–Crippen LogP) is 4.07. The Kier molecular flexibility index (Phi) is 9.81. The summed E-state index contributed by atoms with van der Waals surface area (Å²) in [6.45, 7) is 10.2. The van der Waals surface area contributed by atoms with Crippen molar-refractivity contribution in [2.24, 2.45) is 10.9 Å². The molecule has 0 aliphatic rings. The highest BCUT2D eigenvalue weighted by atomic mass is 15.3. The first-order valence-electron chi connectivity index (χ1n) is 9.02. The van der Waals surface area contributed by atoms with Gasteiger partial charge in [0.2, 0.25) is 0 Å². The van der Waals surface area contributed by atoms with Gasteiger partial charge >= 0.3 is 0 Å². The standard InChI is InChI=1S/C20H34N4/c1-6-7-8-9-10-14-24(5)20(21-4)23-16-19(17(2)3)18-12-11-13-22-15-18/h6,11-13,15,17,19H,1,7-10,14,16H2,2-5H3,(H,21,23). The number of nitrogens with zero attached hydrogens (tertiary/aromatic N) is 3. The molecule has 0 aliphatic carbocycles. The van der Waals surface area contributed by atoms with E-state index in [4.69, 9.17) is 0 Å². The number of hydrogen-bond donors (Lipinski definition) is 1. The molecule has 24 heavy (non-hydrogen) atoms. The molecule has 1 aromatic heterocycles. The lowest BCUT2D eigenvalue weighted by molar-refractivity contribution is 0.437. The molecule has 0 bridgehead atoms. The van der Waals surface area contributed by atoms with Gasteiger partial charge in [0.1, 0.15) is 0 Å². The number of aromatic nitrogens is 1. The molecule has 0 saturated carbocycles. The van der Waals surface area contributed by atoms with Gasteiger partial charge < -0.3 is 10.2 Å². The molecule has 0 radical (unpaired) electrons. The van der Waals surface area contributed by atoms with Crippen molar-refractivity contribution in [2.45, 2.75) is 45.4 Å². The summed E-state index contributed by atoms with van der Waals surface area (Å²) in [7, 11) is 3.96. The van der Waals surface area contributed by atoms with Gasteiger partial charge in [0.15, 0.2) is 5.96 Å². The van der Waals surface area contributed by atoms with Crippen molar-refractivity contribution < 1.29 is 0 Å². The normalized spacial score (nSPS) is 13.0. The van der Waals surface area contributed by atoms with Gasteiger partial charge in [-0.05, 0) is 36.8 Å². The van der Waals surface area contributed by atoms with Gasteiger partial charge in [0, 0.05) is 45.5 Å². The van der Waals surface area contributed by atoms with E-state index in [9.17, 15) is 0 Å². The Morgan fingerprint density at radius 3 is 2.75 bits per heavy atom. The maximum absolute atomic E-state index is 4.43. The molecule has 1 aromatic rings. The highest BCUT2D eigenvalue weighted by molar-refractivity contribution is 5.79. The molecule has 0 aromatic carbocycles. The van der Waals surface area contributed by atoms with Gasteiger partial charge in [-0.15, -0.1) is 6.58 Å². The molecular formula is C20H34N4. The molecular weight excluding hydrogens is 296 g/mol. The summed E-state index contributed by atoms with van der Waals surface area (Å²) in [5, 5.41) is 3.53. The zero-order valence-electron chi connectivity index (χ0n) is 15.8. The van der Waals surface area contributed by atoms with Crippen molar-refractivity contribution in [3.63, 3.8) is 0 Å². The molecule has 0 saturated heterocycles. The van der Waals surface area contributed by atoms with Gasteiger partial charge in [-0.2, -0.15) is 0 Å². The van der Waals surface area contributed by atoms with Crippen molar-refractivity contribution >= 4 is 5.96 Å². The smallest absolute Gasteiger partial charge is 0.193 e. The fourth-order valence-electron chi connectivity index (χ4n) is 2.84. The van der Waals surface area contributed by atoms with E-state index >= 15 is 0 Å². The third-order valence-corrected chi connectivity index (χ3v) is 4.37. The Morgan fingerprint density at radius 2 is 2.17 bits per heavy atom. The van der Waals surface area contributed by atoms with Crippen LogP contribution in [0.4, 0.5) is 0 Å². The highest BCUT2D eigenvalue weighted by Crippen LogP contribution is 2.22. The van der Waals surface area contributed by atoms with Crippen LogP contribution in [0.2, 0.25) is 0 Å². The minimum absolute atomic E-state index is 0.427. The number of pyridine rings is 1. The van der Waals surface area contributed by atoms with Crippen LogP contribution in [0.15, 0.2) is 42.2 Å². The Labute approximate surface area is 148 Å². The van der Waals surface area contributed by atoms with Crippen molar-refractivity contribution in [3.05, 3.63) is 42.7 Å². The molecule has 0 amide bonds. The summed E-state index contributed by atoms with van der Waals surface area (Å²) in [4.78, 5) is 10.9. The second-order valence-electron chi connectivity index (χ2n) is 6.62. The minimum Gasteiger partial charge on any atom is -0.356 e. The Morgan fingerprint density at radius 1 is 1.38 bits per heavy atom. The van der Waals surface area contributed by atoms with Gasteiger partial charge in [0.05, 0.1) is 0 Å².